The fraction of sp³-hybridized carbons (Fsp3) is 0.133. The summed E-state index contributed by atoms with van der Waals surface area (Å²) in [6.45, 7) is 1.96. The molecule has 2 N–H and O–H groups in total. The van der Waals surface area contributed by atoms with Crippen LogP contribution in [-0.2, 0) is 16.4 Å². The van der Waals surface area contributed by atoms with Gasteiger partial charge in [0.2, 0.25) is 0 Å². The molecule has 0 radical (unpaired) electrons. The Kier molecular flexibility index (Phi) is 4.89. The summed E-state index contributed by atoms with van der Waals surface area (Å²) in [6, 6.07) is 11.1. The number of carbonyl (C=O) groups is 1. The van der Waals surface area contributed by atoms with Gasteiger partial charge in [0, 0.05) is 5.56 Å². The van der Waals surface area contributed by atoms with Gasteiger partial charge >= 0.3 is 0 Å². The maximum absolute atomic E-state index is 12.8. The molecule has 2 rings (SSSR count). The van der Waals surface area contributed by atoms with Crippen LogP contribution in [0.25, 0.3) is 0 Å². The van der Waals surface area contributed by atoms with Crippen molar-refractivity contribution in [3.63, 3.8) is 0 Å². The van der Waals surface area contributed by atoms with Crippen LogP contribution in [0.1, 0.15) is 22.8 Å². The first-order chi connectivity index (χ1) is 10.4. The first-order valence-electron chi connectivity index (χ1n) is 6.59. The van der Waals surface area contributed by atoms with Crippen LogP contribution in [0.15, 0.2) is 53.4 Å². The average Bonchev–Trinajstić information content (AvgIpc) is 2.53. The van der Waals surface area contributed by atoms with E-state index in [-0.39, 0.29) is 10.5 Å². The molecule has 0 aliphatic heterocycles. The van der Waals surface area contributed by atoms with Gasteiger partial charge in [-0.15, -0.1) is 4.83 Å². The number of amides is 1. The fourth-order valence-electron chi connectivity index (χ4n) is 1.75. The molecule has 0 aliphatic carbocycles. The molecule has 0 spiro atoms. The maximum atomic E-state index is 12.8. The lowest BCUT2D eigenvalue weighted by atomic mass is 10.2. The van der Waals surface area contributed by atoms with Gasteiger partial charge in [0.25, 0.3) is 15.9 Å². The van der Waals surface area contributed by atoms with Crippen molar-refractivity contribution in [2.75, 3.05) is 0 Å². The molecule has 0 saturated carbocycles. The molecule has 1 amide bonds. The number of rotatable bonds is 5. The predicted octanol–water partition coefficient (Wildman–Crippen LogP) is 2.01. The number of halogens is 1. The lowest BCUT2D eigenvalue weighted by molar-refractivity contribution is 0.0945. The van der Waals surface area contributed by atoms with Gasteiger partial charge in [-0.3, -0.25) is 10.2 Å². The zero-order valence-electron chi connectivity index (χ0n) is 11.8. The number of benzene rings is 2. The van der Waals surface area contributed by atoms with Crippen molar-refractivity contribution in [2.24, 2.45) is 0 Å². The van der Waals surface area contributed by atoms with Crippen molar-refractivity contribution in [3.8, 4) is 0 Å². The van der Waals surface area contributed by atoms with Crippen LogP contribution < -0.4 is 10.3 Å². The quantitative estimate of drug-likeness (QED) is 0.827. The summed E-state index contributed by atoms with van der Waals surface area (Å²) >= 11 is 0. The highest BCUT2D eigenvalue weighted by atomic mass is 32.2. The summed E-state index contributed by atoms with van der Waals surface area (Å²) in [4.78, 5) is 13.8. The number of hydrogen-bond acceptors (Lipinski definition) is 3. The minimum atomic E-state index is -3.85. The van der Waals surface area contributed by atoms with E-state index in [2.05, 4.69) is 5.43 Å². The third-order valence-corrected chi connectivity index (χ3v) is 4.31. The van der Waals surface area contributed by atoms with E-state index in [0.29, 0.717) is 0 Å². The number of nitrogens with one attached hydrogen (secondary N) is 2. The van der Waals surface area contributed by atoms with E-state index in [1.54, 1.807) is 12.1 Å². The molecule has 7 heteroatoms. The third-order valence-electron chi connectivity index (χ3n) is 3.05. The Morgan fingerprint density at radius 1 is 1.05 bits per heavy atom. The molecule has 0 aliphatic rings. The van der Waals surface area contributed by atoms with E-state index < -0.39 is 21.7 Å². The number of aryl methyl sites for hydroxylation is 1. The summed E-state index contributed by atoms with van der Waals surface area (Å²) in [7, 11) is -3.85. The van der Waals surface area contributed by atoms with Crippen LogP contribution in [0.3, 0.4) is 0 Å². The van der Waals surface area contributed by atoms with Gasteiger partial charge < -0.3 is 0 Å². The topological polar surface area (TPSA) is 75.3 Å². The molecule has 0 bridgehead atoms. The van der Waals surface area contributed by atoms with Gasteiger partial charge in [-0.1, -0.05) is 19.1 Å². The standard InChI is InChI=1S/C15H15FN2O3S/c1-2-11-3-9-14(10-4-11)22(20,21)18-17-15(19)12-5-7-13(16)8-6-12/h3-10,18H,2H2,1H3,(H,17,19). The van der Waals surface area contributed by atoms with Crippen LogP contribution in [0.5, 0.6) is 0 Å². The van der Waals surface area contributed by atoms with E-state index in [9.17, 15) is 17.6 Å². The second-order valence-corrected chi connectivity index (χ2v) is 6.25. The van der Waals surface area contributed by atoms with E-state index in [1.807, 2.05) is 11.8 Å². The minimum absolute atomic E-state index is 0.0455. The van der Waals surface area contributed by atoms with Gasteiger partial charge in [-0.05, 0) is 48.4 Å². The zero-order chi connectivity index (χ0) is 16.2. The predicted molar refractivity (Wildman–Crippen MR) is 80.0 cm³/mol. The molecular formula is C15H15FN2O3S. The summed E-state index contributed by atoms with van der Waals surface area (Å²) < 4.78 is 36.8. The first kappa shape index (κ1) is 16.1. The molecule has 2 aromatic carbocycles. The molecule has 0 unspecified atom stereocenters. The molecule has 0 fully saturated rings. The molecule has 116 valence electrons. The monoisotopic (exact) mass is 322 g/mol. The fourth-order valence-corrected chi connectivity index (χ4v) is 2.59. The van der Waals surface area contributed by atoms with Crippen molar-refractivity contribution in [3.05, 3.63) is 65.5 Å². The Hall–Kier alpha value is -2.25. The Morgan fingerprint density at radius 2 is 1.64 bits per heavy atom. The van der Waals surface area contributed by atoms with E-state index in [4.69, 9.17) is 0 Å². The van der Waals surface area contributed by atoms with Crippen LogP contribution in [0.2, 0.25) is 0 Å². The van der Waals surface area contributed by atoms with E-state index in [1.165, 1.54) is 24.3 Å². The summed E-state index contributed by atoms with van der Waals surface area (Å²) in [5, 5.41) is 0. The van der Waals surface area contributed by atoms with Gasteiger partial charge in [0.15, 0.2) is 0 Å². The van der Waals surface area contributed by atoms with Gasteiger partial charge in [-0.2, -0.15) is 0 Å². The SMILES string of the molecule is CCc1ccc(S(=O)(=O)NNC(=O)c2ccc(F)cc2)cc1. The van der Waals surface area contributed by atoms with Crippen LogP contribution >= 0.6 is 0 Å². The van der Waals surface area contributed by atoms with Gasteiger partial charge in [-0.25, -0.2) is 12.8 Å². The first-order valence-corrected chi connectivity index (χ1v) is 8.07. The van der Waals surface area contributed by atoms with E-state index in [0.717, 1.165) is 24.1 Å². The molecular weight excluding hydrogens is 307 g/mol. The number of sulfonamides is 1. The largest absolute Gasteiger partial charge is 0.273 e. The van der Waals surface area contributed by atoms with Crippen molar-refractivity contribution in [1.29, 1.82) is 0 Å². The van der Waals surface area contributed by atoms with E-state index >= 15 is 0 Å². The third kappa shape index (κ3) is 3.90. The zero-order valence-corrected chi connectivity index (χ0v) is 12.7. The normalized spacial score (nSPS) is 11.2. The maximum Gasteiger partial charge on any atom is 0.266 e. The minimum Gasteiger partial charge on any atom is -0.273 e. The highest BCUT2D eigenvalue weighted by Crippen LogP contribution is 2.10. The Bertz CT molecular complexity index is 756. The number of carbonyl (C=O) groups excluding carboxylic acids is 1. The molecule has 0 atom stereocenters. The van der Waals surface area contributed by atoms with Crippen LogP contribution in [0.4, 0.5) is 4.39 Å². The van der Waals surface area contributed by atoms with Gasteiger partial charge in [0.05, 0.1) is 4.90 Å². The Balaban J connectivity index is 2.05. The summed E-state index contributed by atoms with van der Waals surface area (Å²) in [5.41, 5.74) is 3.24. The number of hydrazine groups is 1. The van der Waals surface area contributed by atoms with Crippen molar-refractivity contribution in [2.45, 2.75) is 18.2 Å². The summed E-state index contributed by atoms with van der Waals surface area (Å²) in [5.74, 6) is -1.15. The number of hydrogen-bond donors (Lipinski definition) is 2. The van der Waals surface area contributed by atoms with Crippen molar-refractivity contribution < 1.29 is 17.6 Å². The van der Waals surface area contributed by atoms with Crippen LogP contribution in [0, 0.1) is 5.82 Å². The molecule has 5 nitrogen and oxygen atoms in total. The lowest BCUT2D eigenvalue weighted by Crippen LogP contribution is -2.41. The molecule has 22 heavy (non-hydrogen) atoms. The van der Waals surface area contributed by atoms with Crippen molar-refractivity contribution in [1.82, 2.24) is 10.3 Å². The van der Waals surface area contributed by atoms with Gasteiger partial charge in [0.1, 0.15) is 5.82 Å². The Labute approximate surface area is 128 Å². The highest BCUT2D eigenvalue weighted by molar-refractivity contribution is 7.89. The molecule has 0 saturated heterocycles. The smallest absolute Gasteiger partial charge is 0.266 e. The Morgan fingerprint density at radius 3 is 2.18 bits per heavy atom. The molecule has 0 aromatic heterocycles. The van der Waals surface area contributed by atoms with Crippen LogP contribution in [-0.4, -0.2) is 14.3 Å². The molecule has 0 heterocycles. The second kappa shape index (κ2) is 6.67. The second-order valence-electron chi connectivity index (χ2n) is 4.56. The average molecular weight is 322 g/mol. The molecule has 2 aromatic rings. The lowest BCUT2D eigenvalue weighted by Gasteiger charge is -2.09. The van der Waals surface area contributed by atoms with Crippen molar-refractivity contribution >= 4 is 15.9 Å². The highest BCUT2D eigenvalue weighted by Gasteiger charge is 2.15. The summed E-state index contributed by atoms with van der Waals surface area (Å²) in [6.07, 6.45) is 0.801.